The van der Waals surface area contributed by atoms with Crippen LogP contribution in [0.25, 0.3) is 0 Å². The zero-order chi connectivity index (χ0) is 18.4. The van der Waals surface area contributed by atoms with Gasteiger partial charge in [-0.05, 0) is 12.1 Å². The summed E-state index contributed by atoms with van der Waals surface area (Å²) in [6.45, 7) is 0. The van der Waals surface area contributed by atoms with Crippen molar-refractivity contribution in [1.29, 1.82) is 0 Å². The van der Waals surface area contributed by atoms with Crippen molar-refractivity contribution in [2.45, 2.75) is 25.2 Å². The first-order chi connectivity index (χ1) is 11.0. The third-order valence-corrected chi connectivity index (χ3v) is 2.77. The van der Waals surface area contributed by atoms with Crippen LogP contribution in [0, 0.1) is 0 Å². The van der Waals surface area contributed by atoms with E-state index in [0.29, 0.717) is 0 Å². The monoisotopic (exact) mass is 400 g/mol. The van der Waals surface area contributed by atoms with Gasteiger partial charge in [-0.2, -0.15) is 26.3 Å². The molecule has 2 rings (SSSR count). The topological polar surface area (TPSA) is 40.5 Å². The second-order valence-electron chi connectivity index (χ2n) is 4.84. The summed E-state index contributed by atoms with van der Waals surface area (Å²) in [5, 5.41) is 17.9. The Morgan fingerprint density at radius 2 is 0.880 bits per heavy atom. The van der Waals surface area contributed by atoms with Gasteiger partial charge in [0.15, 0.2) is 0 Å². The minimum atomic E-state index is -4.27. The number of halogens is 6. The van der Waals surface area contributed by atoms with Crippen LogP contribution in [0.2, 0.25) is 0 Å². The molecule has 0 saturated heterocycles. The van der Waals surface area contributed by atoms with Crippen LogP contribution in [-0.4, -0.2) is 22.6 Å². The fourth-order valence-corrected chi connectivity index (χ4v) is 1.75. The molecule has 0 atom stereocenters. The van der Waals surface area contributed by atoms with Crippen LogP contribution in [0.5, 0.6) is 11.5 Å². The van der Waals surface area contributed by atoms with Gasteiger partial charge < -0.3 is 10.2 Å². The molecule has 0 fully saturated rings. The minimum Gasteiger partial charge on any atom is -0.508 e. The molecule has 0 aliphatic carbocycles. The second-order valence-corrected chi connectivity index (χ2v) is 4.84. The predicted molar refractivity (Wildman–Crippen MR) is 75.7 cm³/mol. The number of hydrogen-bond acceptors (Lipinski definition) is 2. The molecule has 0 bridgehead atoms. The Morgan fingerprint density at radius 3 is 1.12 bits per heavy atom. The zero-order valence-electron chi connectivity index (χ0n) is 12.7. The molecule has 9 heteroatoms. The quantitative estimate of drug-likeness (QED) is 0.551. The summed E-state index contributed by atoms with van der Waals surface area (Å²) in [5.74, 6) is -0.621. The van der Waals surface area contributed by atoms with E-state index < -0.39 is 25.2 Å². The summed E-state index contributed by atoms with van der Waals surface area (Å²) < 4.78 is 70.9. The van der Waals surface area contributed by atoms with E-state index in [4.69, 9.17) is 10.2 Å². The van der Waals surface area contributed by atoms with E-state index in [1.165, 1.54) is 48.5 Å². The van der Waals surface area contributed by atoms with E-state index in [9.17, 15) is 26.3 Å². The van der Waals surface area contributed by atoms with Crippen LogP contribution < -0.4 is 0 Å². The first-order valence-corrected chi connectivity index (χ1v) is 6.65. The number of benzene rings is 2. The normalized spacial score (nSPS) is 11.1. The molecule has 0 unspecified atom stereocenters. The second kappa shape index (κ2) is 9.72. The van der Waals surface area contributed by atoms with Crippen LogP contribution in [-0.2, 0) is 34.6 Å². The van der Waals surface area contributed by atoms with Crippen LogP contribution in [0.4, 0.5) is 26.3 Å². The Bertz CT molecular complexity index is 598. The van der Waals surface area contributed by atoms with Crippen molar-refractivity contribution in [3.8, 4) is 11.5 Å². The molecular weight excluding hydrogens is 386 g/mol. The number of para-hydroxylation sites is 2. The van der Waals surface area contributed by atoms with Crippen molar-refractivity contribution in [3.63, 3.8) is 0 Å². The summed E-state index contributed by atoms with van der Waals surface area (Å²) in [6, 6.07) is 10.9. The molecule has 0 aliphatic heterocycles. The van der Waals surface area contributed by atoms with Gasteiger partial charge in [0.2, 0.25) is 0 Å². The van der Waals surface area contributed by atoms with Gasteiger partial charge in [0.1, 0.15) is 11.5 Å². The Labute approximate surface area is 155 Å². The molecule has 0 spiro atoms. The van der Waals surface area contributed by atoms with Crippen molar-refractivity contribution in [2.24, 2.45) is 0 Å². The number of rotatable bonds is 2. The molecule has 2 nitrogen and oxygen atoms in total. The molecule has 136 valence electrons. The maximum Gasteiger partial charge on any atom is 0.393 e. The molecule has 0 saturated carbocycles. The molecule has 0 radical (unpaired) electrons. The SMILES string of the molecule is Oc1ccccc1CC(F)(F)F.Oc1ccccc1CC(F)(F)F.[Ti]. The molecule has 2 N–H and O–H groups in total. The fraction of sp³-hybridized carbons (Fsp3) is 0.250. The van der Waals surface area contributed by atoms with Crippen LogP contribution in [0.3, 0.4) is 0 Å². The molecule has 25 heavy (non-hydrogen) atoms. The maximum atomic E-state index is 11.8. The van der Waals surface area contributed by atoms with Crippen LogP contribution in [0.1, 0.15) is 11.1 Å². The van der Waals surface area contributed by atoms with Gasteiger partial charge in [0.05, 0.1) is 12.8 Å². The summed E-state index contributed by atoms with van der Waals surface area (Å²) in [7, 11) is 0. The van der Waals surface area contributed by atoms with Crippen molar-refractivity contribution in [2.75, 3.05) is 0 Å². The zero-order valence-corrected chi connectivity index (χ0v) is 14.3. The van der Waals surface area contributed by atoms with Gasteiger partial charge in [-0.25, -0.2) is 0 Å². The third-order valence-electron chi connectivity index (χ3n) is 2.77. The third kappa shape index (κ3) is 10.0. The van der Waals surface area contributed by atoms with Gasteiger partial charge in [-0.15, -0.1) is 0 Å². The molecule has 0 aliphatic rings. The van der Waals surface area contributed by atoms with E-state index in [1.54, 1.807) is 0 Å². The van der Waals surface area contributed by atoms with Crippen molar-refractivity contribution in [1.82, 2.24) is 0 Å². The van der Waals surface area contributed by atoms with E-state index >= 15 is 0 Å². The predicted octanol–water partition coefficient (Wildman–Crippen LogP) is 4.99. The molecule has 0 heterocycles. The summed E-state index contributed by atoms with van der Waals surface area (Å²) in [5.41, 5.74) is -0.185. The van der Waals surface area contributed by atoms with E-state index in [0.717, 1.165) is 0 Å². The van der Waals surface area contributed by atoms with Crippen molar-refractivity contribution in [3.05, 3.63) is 59.7 Å². The van der Waals surface area contributed by atoms with Gasteiger partial charge >= 0.3 is 12.4 Å². The first kappa shape index (κ1) is 23.3. The maximum absolute atomic E-state index is 11.8. The average Bonchev–Trinajstić information content (AvgIpc) is 2.42. The van der Waals surface area contributed by atoms with Crippen LogP contribution in [0.15, 0.2) is 48.5 Å². The van der Waals surface area contributed by atoms with Gasteiger partial charge in [0.25, 0.3) is 0 Å². The summed E-state index contributed by atoms with van der Waals surface area (Å²) in [4.78, 5) is 0. The van der Waals surface area contributed by atoms with E-state index in [-0.39, 0.29) is 44.3 Å². The molecule has 0 aromatic heterocycles. The van der Waals surface area contributed by atoms with E-state index in [1.807, 2.05) is 0 Å². The van der Waals surface area contributed by atoms with Crippen LogP contribution >= 0.6 is 0 Å². The molecule has 2 aromatic rings. The Balaban J connectivity index is 0.000000443. The molecule has 0 amide bonds. The van der Waals surface area contributed by atoms with Crippen molar-refractivity contribution < 1.29 is 58.3 Å². The summed E-state index contributed by atoms with van der Waals surface area (Å²) in [6.07, 6.45) is -10.7. The number of phenolic OH excluding ortho intramolecular Hbond substituents is 2. The standard InChI is InChI=1S/2C8H7F3O.Ti/c2*9-8(10,11)5-6-3-1-2-4-7(6)12;/h2*1-4,12H,5H2;. The fourth-order valence-electron chi connectivity index (χ4n) is 1.75. The molecule has 2 aromatic carbocycles. The minimum absolute atomic E-state index is 0. The first-order valence-electron chi connectivity index (χ1n) is 6.65. The Kier molecular flexibility index (Phi) is 9.08. The average molecular weight is 400 g/mol. The van der Waals surface area contributed by atoms with Crippen molar-refractivity contribution >= 4 is 0 Å². The number of alkyl halides is 6. The largest absolute Gasteiger partial charge is 0.508 e. The Hall–Kier alpha value is -1.67. The number of phenols is 2. The van der Waals surface area contributed by atoms with Gasteiger partial charge in [0, 0.05) is 32.8 Å². The Morgan fingerprint density at radius 1 is 0.600 bits per heavy atom. The number of aromatic hydroxyl groups is 2. The smallest absolute Gasteiger partial charge is 0.393 e. The summed E-state index contributed by atoms with van der Waals surface area (Å²) >= 11 is 0. The van der Waals surface area contributed by atoms with Gasteiger partial charge in [-0.1, -0.05) is 36.4 Å². The molecular formula is C16H14F6O2Ti. The number of hydrogen-bond donors (Lipinski definition) is 2. The van der Waals surface area contributed by atoms with E-state index in [2.05, 4.69) is 0 Å². The van der Waals surface area contributed by atoms with Gasteiger partial charge in [-0.3, -0.25) is 0 Å².